The van der Waals surface area contributed by atoms with Gasteiger partial charge in [-0.05, 0) is 54.9 Å². The highest BCUT2D eigenvalue weighted by Crippen LogP contribution is 2.44. The van der Waals surface area contributed by atoms with Crippen LogP contribution in [-0.2, 0) is 26.3 Å². The number of piperidine rings is 1. The standard InChI is InChI=1S/C29H39FN4O5/c1-3-20-8-4-9-21(16-20)27-23(11-5-12-24(27)30)29(38,13-7-14-32-28(37)39-2)22-10-6-15-34(19-22)26(36)18-33-25(35)17-31/h4-5,8-9,11-12,16,22,38H,3,6-7,10,13-15,17-19,31H2,1-2H3,(H,32,37)(H,33,35)/t22-,29+/m1/s1. The number of halogens is 1. The molecule has 2 aromatic carbocycles. The molecule has 0 unspecified atom stereocenters. The lowest BCUT2D eigenvalue weighted by atomic mass is 9.72. The van der Waals surface area contributed by atoms with E-state index >= 15 is 4.39 Å². The van der Waals surface area contributed by atoms with Crippen LogP contribution in [-0.4, -0.2) is 67.7 Å². The highest BCUT2D eigenvalue weighted by atomic mass is 19.1. The average Bonchev–Trinajstić information content (AvgIpc) is 2.97. The van der Waals surface area contributed by atoms with Crippen molar-refractivity contribution < 1.29 is 28.6 Å². The largest absolute Gasteiger partial charge is 0.453 e. The number of methoxy groups -OCH3 is 1. The summed E-state index contributed by atoms with van der Waals surface area (Å²) < 4.78 is 20.2. The molecule has 0 saturated carbocycles. The summed E-state index contributed by atoms with van der Waals surface area (Å²) in [5.74, 6) is -1.55. The van der Waals surface area contributed by atoms with E-state index in [2.05, 4.69) is 15.4 Å². The molecule has 0 aromatic heterocycles. The van der Waals surface area contributed by atoms with Crippen LogP contribution in [0.25, 0.3) is 11.1 Å². The van der Waals surface area contributed by atoms with Crippen LogP contribution in [0.2, 0.25) is 0 Å². The van der Waals surface area contributed by atoms with Crippen molar-refractivity contribution >= 4 is 17.9 Å². The van der Waals surface area contributed by atoms with Gasteiger partial charge in [-0.3, -0.25) is 9.59 Å². The van der Waals surface area contributed by atoms with Gasteiger partial charge in [0.25, 0.3) is 0 Å². The Bertz CT molecular complexity index is 1160. The average molecular weight is 543 g/mol. The fraction of sp³-hybridized carbons (Fsp3) is 0.483. The maximum Gasteiger partial charge on any atom is 0.406 e. The van der Waals surface area contributed by atoms with Crippen molar-refractivity contribution in [1.82, 2.24) is 15.5 Å². The molecule has 0 bridgehead atoms. The Morgan fingerprint density at radius 1 is 1.21 bits per heavy atom. The van der Waals surface area contributed by atoms with Crippen LogP contribution in [0, 0.1) is 11.7 Å². The molecule has 2 aromatic rings. The number of carbonyl (C=O) groups is 3. The van der Waals surface area contributed by atoms with Gasteiger partial charge in [-0.25, -0.2) is 9.18 Å². The van der Waals surface area contributed by atoms with Gasteiger partial charge >= 0.3 is 6.09 Å². The Labute approximate surface area is 228 Å². The van der Waals surface area contributed by atoms with Crippen LogP contribution in [0.1, 0.15) is 43.7 Å². The molecule has 3 rings (SSSR count). The predicted octanol–water partition coefficient (Wildman–Crippen LogP) is 2.69. The first kappa shape index (κ1) is 30.0. The number of ether oxygens (including phenoxy) is 1. The van der Waals surface area contributed by atoms with Gasteiger partial charge in [0, 0.05) is 31.1 Å². The molecule has 2 atom stereocenters. The number of nitrogens with zero attached hydrogens (tertiary/aromatic N) is 1. The molecule has 0 spiro atoms. The first-order valence-corrected chi connectivity index (χ1v) is 13.4. The minimum atomic E-state index is -1.50. The van der Waals surface area contributed by atoms with Crippen molar-refractivity contribution in [2.24, 2.45) is 11.7 Å². The van der Waals surface area contributed by atoms with E-state index in [0.717, 1.165) is 12.0 Å². The Hall–Kier alpha value is -3.50. The van der Waals surface area contributed by atoms with E-state index in [0.29, 0.717) is 42.5 Å². The van der Waals surface area contributed by atoms with E-state index in [1.54, 1.807) is 17.0 Å². The monoisotopic (exact) mass is 542 g/mol. The van der Waals surface area contributed by atoms with E-state index in [1.807, 2.05) is 31.2 Å². The zero-order chi connectivity index (χ0) is 28.4. The van der Waals surface area contributed by atoms with E-state index < -0.39 is 29.3 Å². The third-order valence-corrected chi connectivity index (χ3v) is 7.36. The zero-order valence-electron chi connectivity index (χ0n) is 22.7. The van der Waals surface area contributed by atoms with Crippen LogP contribution < -0.4 is 16.4 Å². The molecule has 1 fully saturated rings. The third-order valence-electron chi connectivity index (χ3n) is 7.36. The second kappa shape index (κ2) is 14.0. The molecular weight excluding hydrogens is 503 g/mol. The second-order valence-electron chi connectivity index (χ2n) is 9.82. The molecular formula is C29H39FN4O5. The van der Waals surface area contributed by atoms with Crippen molar-refractivity contribution in [2.45, 2.75) is 44.6 Å². The summed E-state index contributed by atoms with van der Waals surface area (Å²) in [5, 5.41) is 17.6. The number of amides is 3. The summed E-state index contributed by atoms with van der Waals surface area (Å²) in [7, 11) is 1.28. The lowest BCUT2D eigenvalue weighted by Gasteiger charge is -2.43. The summed E-state index contributed by atoms with van der Waals surface area (Å²) in [6.45, 7) is 2.61. The van der Waals surface area contributed by atoms with E-state index in [9.17, 15) is 19.5 Å². The second-order valence-corrected chi connectivity index (χ2v) is 9.82. The maximum absolute atomic E-state index is 15.5. The topological polar surface area (TPSA) is 134 Å². The van der Waals surface area contributed by atoms with Crippen molar-refractivity contribution in [1.29, 1.82) is 0 Å². The molecule has 1 heterocycles. The van der Waals surface area contributed by atoms with Gasteiger partial charge in [-0.2, -0.15) is 0 Å². The quantitative estimate of drug-likeness (QED) is 0.323. The molecule has 9 nitrogen and oxygen atoms in total. The fourth-order valence-electron chi connectivity index (χ4n) is 5.26. The Balaban J connectivity index is 1.98. The smallest absolute Gasteiger partial charge is 0.406 e. The molecule has 1 aliphatic rings. The van der Waals surface area contributed by atoms with Crippen LogP contribution in [0.5, 0.6) is 0 Å². The van der Waals surface area contributed by atoms with Crippen LogP contribution in [0.3, 0.4) is 0 Å². The van der Waals surface area contributed by atoms with Crippen LogP contribution >= 0.6 is 0 Å². The van der Waals surface area contributed by atoms with Crippen molar-refractivity contribution in [3.63, 3.8) is 0 Å². The Morgan fingerprint density at radius 2 is 1.97 bits per heavy atom. The van der Waals surface area contributed by atoms with Gasteiger partial charge in [0.2, 0.25) is 11.8 Å². The highest BCUT2D eigenvalue weighted by molar-refractivity contribution is 5.85. The van der Waals surface area contributed by atoms with Crippen molar-refractivity contribution in [2.75, 3.05) is 39.8 Å². The SMILES string of the molecule is CCc1cccc(-c2c(F)cccc2[C@](O)(CCCNC(=O)OC)[C@@H]2CCCN(C(=O)CNC(=O)CN)C2)c1. The predicted molar refractivity (Wildman–Crippen MR) is 146 cm³/mol. The molecule has 3 amide bonds. The van der Waals surface area contributed by atoms with Gasteiger partial charge in [-0.1, -0.05) is 43.3 Å². The number of nitrogens with one attached hydrogen (secondary N) is 2. The zero-order valence-corrected chi connectivity index (χ0v) is 22.7. The fourth-order valence-corrected chi connectivity index (χ4v) is 5.26. The number of benzene rings is 2. The van der Waals surface area contributed by atoms with Crippen LogP contribution in [0.15, 0.2) is 42.5 Å². The number of alkyl carbamates (subject to hydrolysis) is 1. The Kier molecular flexibility index (Phi) is 10.8. The molecule has 0 radical (unpaired) electrons. The first-order valence-electron chi connectivity index (χ1n) is 13.4. The lowest BCUT2D eigenvalue weighted by molar-refractivity contribution is -0.137. The minimum Gasteiger partial charge on any atom is -0.453 e. The summed E-state index contributed by atoms with van der Waals surface area (Å²) in [6, 6.07) is 12.3. The summed E-state index contributed by atoms with van der Waals surface area (Å²) in [5.41, 5.74) is 6.31. The Morgan fingerprint density at radius 3 is 2.69 bits per heavy atom. The number of nitrogens with two attached hydrogens (primary N) is 1. The normalized spacial score (nSPS) is 16.7. The van der Waals surface area contributed by atoms with Gasteiger partial charge in [0.1, 0.15) is 5.82 Å². The molecule has 39 heavy (non-hydrogen) atoms. The van der Waals surface area contributed by atoms with Crippen molar-refractivity contribution in [3.8, 4) is 11.1 Å². The molecule has 212 valence electrons. The number of carbonyl (C=O) groups excluding carboxylic acids is 3. The molecule has 10 heteroatoms. The van der Waals surface area contributed by atoms with E-state index in [1.165, 1.54) is 13.2 Å². The number of hydrogen-bond donors (Lipinski definition) is 4. The summed E-state index contributed by atoms with van der Waals surface area (Å²) >= 11 is 0. The van der Waals surface area contributed by atoms with Crippen molar-refractivity contribution in [3.05, 3.63) is 59.4 Å². The van der Waals surface area contributed by atoms with E-state index in [4.69, 9.17) is 5.73 Å². The lowest BCUT2D eigenvalue weighted by Crippen LogP contribution is -2.51. The number of rotatable bonds is 11. The molecule has 1 saturated heterocycles. The molecule has 1 aliphatic heterocycles. The maximum atomic E-state index is 15.5. The van der Waals surface area contributed by atoms with Gasteiger partial charge < -0.3 is 31.1 Å². The minimum absolute atomic E-state index is 0.181. The molecule has 5 N–H and O–H groups in total. The van der Waals surface area contributed by atoms with Gasteiger partial charge in [0.15, 0.2) is 0 Å². The molecule has 0 aliphatic carbocycles. The van der Waals surface area contributed by atoms with Gasteiger partial charge in [-0.15, -0.1) is 0 Å². The summed E-state index contributed by atoms with van der Waals surface area (Å²) in [6.07, 6.45) is 2.08. The summed E-state index contributed by atoms with van der Waals surface area (Å²) in [4.78, 5) is 37.6. The number of aryl methyl sites for hydroxylation is 1. The first-order chi connectivity index (χ1) is 18.7. The van der Waals surface area contributed by atoms with Crippen LogP contribution in [0.4, 0.5) is 9.18 Å². The number of aliphatic hydroxyl groups is 1. The van der Waals surface area contributed by atoms with E-state index in [-0.39, 0.29) is 38.5 Å². The number of likely N-dealkylation sites (tertiary alicyclic amines) is 1. The van der Waals surface area contributed by atoms with Gasteiger partial charge in [0.05, 0.1) is 25.8 Å². The number of hydrogen-bond acceptors (Lipinski definition) is 6. The highest BCUT2D eigenvalue weighted by Gasteiger charge is 2.43. The third kappa shape index (κ3) is 7.54.